The second-order valence-electron chi connectivity index (χ2n) is 6.01. The van der Waals surface area contributed by atoms with Gasteiger partial charge >= 0.3 is 0 Å². The van der Waals surface area contributed by atoms with Crippen LogP contribution >= 0.6 is 11.8 Å². The van der Waals surface area contributed by atoms with E-state index in [4.69, 9.17) is 10.5 Å². The summed E-state index contributed by atoms with van der Waals surface area (Å²) in [6, 6.07) is 16.1. The van der Waals surface area contributed by atoms with E-state index >= 15 is 0 Å². The summed E-state index contributed by atoms with van der Waals surface area (Å²) >= 11 is 1.67. The number of hydrogen-bond donors (Lipinski definition) is 2. The number of benzene rings is 2. The van der Waals surface area contributed by atoms with Gasteiger partial charge in [-0.15, -0.1) is 0 Å². The van der Waals surface area contributed by atoms with Crippen molar-refractivity contribution < 1.29 is 9.53 Å². The first kappa shape index (κ1) is 20.6. The van der Waals surface area contributed by atoms with Gasteiger partial charge in [0.25, 0.3) is 5.91 Å². The Bertz CT molecular complexity index is 822. The van der Waals surface area contributed by atoms with Crippen molar-refractivity contribution in [2.24, 2.45) is 5.73 Å². The largest absolute Gasteiger partial charge is 0.497 e. The summed E-state index contributed by atoms with van der Waals surface area (Å²) in [6.45, 7) is 4.21. The van der Waals surface area contributed by atoms with Gasteiger partial charge in [0.1, 0.15) is 5.75 Å². The van der Waals surface area contributed by atoms with Gasteiger partial charge < -0.3 is 15.8 Å². The number of carbonyl (C=O) groups excluding carboxylic acids is 1. The Balaban J connectivity index is 1.96. The van der Waals surface area contributed by atoms with Gasteiger partial charge in [-0.3, -0.25) is 4.79 Å². The first-order valence-corrected chi connectivity index (χ1v) is 9.67. The molecule has 2 rings (SSSR count). The van der Waals surface area contributed by atoms with E-state index in [1.807, 2.05) is 61.5 Å². The molecule has 0 aliphatic rings. The molecule has 0 heterocycles. The van der Waals surface area contributed by atoms with E-state index in [-0.39, 0.29) is 5.91 Å². The summed E-state index contributed by atoms with van der Waals surface area (Å²) in [5, 5.41) is 2.92. The molecule has 0 aliphatic heterocycles. The lowest BCUT2D eigenvalue weighted by Gasteiger charge is -2.09. The maximum Gasteiger partial charge on any atom is 0.253 e. The molecule has 0 aromatic heterocycles. The van der Waals surface area contributed by atoms with Gasteiger partial charge in [0.05, 0.1) is 12.7 Å². The van der Waals surface area contributed by atoms with E-state index in [0.717, 1.165) is 27.5 Å². The molecule has 2 aromatic rings. The van der Waals surface area contributed by atoms with Crippen LogP contribution in [0.25, 0.3) is 0 Å². The minimum Gasteiger partial charge on any atom is -0.497 e. The summed E-state index contributed by atoms with van der Waals surface area (Å²) in [6.07, 6.45) is 4.56. The lowest BCUT2D eigenvalue weighted by molar-refractivity contribution is -0.117. The average Bonchev–Trinajstić information content (AvgIpc) is 2.67. The Kier molecular flexibility index (Phi) is 8.01. The van der Waals surface area contributed by atoms with Gasteiger partial charge in [0.15, 0.2) is 0 Å². The normalized spacial score (nSPS) is 12.0. The van der Waals surface area contributed by atoms with Crippen LogP contribution in [0, 0.1) is 0 Å². The number of allylic oxidation sites excluding steroid dienone is 2. The number of nitrogens with two attached hydrogens (primary N) is 1. The molecule has 0 radical (unpaired) electrons. The van der Waals surface area contributed by atoms with Crippen molar-refractivity contribution in [3.05, 3.63) is 77.5 Å². The average molecular weight is 383 g/mol. The number of rotatable bonds is 8. The van der Waals surface area contributed by atoms with E-state index in [0.29, 0.717) is 17.8 Å². The zero-order valence-corrected chi connectivity index (χ0v) is 16.8. The van der Waals surface area contributed by atoms with Gasteiger partial charge in [-0.05, 0) is 49.2 Å². The van der Waals surface area contributed by atoms with E-state index in [2.05, 4.69) is 5.32 Å². The summed E-state index contributed by atoms with van der Waals surface area (Å²) in [4.78, 5) is 14.6. The van der Waals surface area contributed by atoms with Crippen LogP contribution in [0.15, 0.2) is 81.7 Å². The van der Waals surface area contributed by atoms with Gasteiger partial charge in [-0.1, -0.05) is 49.0 Å². The van der Waals surface area contributed by atoms with Crippen LogP contribution in [0.3, 0.4) is 0 Å². The summed E-state index contributed by atoms with van der Waals surface area (Å²) in [5.74, 6) is 0.685. The van der Waals surface area contributed by atoms with Crippen molar-refractivity contribution >= 4 is 17.7 Å². The maximum atomic E-state index is 12.3. The Hall–Kier alpha value is -2.66. The molecule has 5 heteroatoms. The summed E-state index contributed by atoms with van der Waals surface area (Å²) in [7, 11) is 1.66. The third kappa shape index (κ3) is 6.53. The molecule has 1 amide bonds. The van der Waals surface area contributed by atoms with Crippen LogP contribution in [0.4, 0.5) is 0 Å². The summed E-state index contributed by atoms with van der Waals surface area (Å²) < 4.78 is 5.26. The minimum atomic E-state index is -0.158. The van der Waals surface area contributed by atoms with Crippen LogP contribution in [0.1, 0.15) is 25.8 Å². The standard InChI is InChI=1S/C22H26N2O2S/c1-4-5-9-21(16(2)23)22(25)24-15-17-10-12-19(13-11-17)27-20-8-6-7-18(14-20)26-3/h5-14H,4,15,23H2,1-3H3,(H,24,25)/b9-5-,21-16-. The highest BCUT2D eigenvalue weighted by atomic mass is 32.2. The molecule has 27 heavy (non-hydrogen) atoms. The molecule has 0 bridgehead atoms. The fourth-order valence-electron chi connectivity index (χ4n) is 2.38. The molecule has 0 unspecified atom stereocenters. The Morgan fingerprint density at radius 2 is 1.93 bits per heavy atom. The maximum absolute atomic E-state index is 12.3. The molecule has 4 nitrogen and oxygen atoms in total. The second-order valence-corrected chi connectivity index (χ2v) is 7.16. The first-order valence-electron chi connectivity index (χ1n) is 8.85. The first-order chi connectivity index (χ1) is 13.0. The zero-order valence-electron chi connectivity index (χ0n) is 16.0. The van der Waals surface area contributed by atoms with E-state index in [9.17, 15) is 4.79 Å². The Morgan fingerprint density at radius 1 is 1.19 bits per heavy atom. The zero-order chi connectivity index (χ0) is 19.6. The molecule has 0 fully saturated rings. The Morgan fingerprint density at radius 3 is 2.56 bits per heavy atom. The summed E-state index contributed by atoms with van der Waals surface area (Å²) in [5.41, 5.74) is 7.88. The van der Waals surface area contributed by atoms with Crippen molar-refractivity contribution in [3.8, 4) is 5.75 Å². The topological polar surface area (TPSA) is 64.3 Å². The fourth-order valence-corrected chi connectivity index (χ4v) is 3.24. The highest BCUT2D eigenvalue weighted by Gasteiger charge is 2.08. The lowest BCUT2D eigenvalue weighted by atomic mass is 10.1. The molecule has 142 valence electrons. The van der Waals surface area contributed by atoms with Gasteiger partial charge in [-0.2, -0.15) is 0 Å². The molecule has 0 spiro atoms. The van der Waals surface area contributed by atoms with Crippen molar-refractivity contribution in [3.63, 3.8) is 0 Å². The molecule has 2 aromatic carbocycles. The van der Waals surface area contributed by atoms with E-state index < -0.39 is 0 Å². The van der Waals surface area contributed by atoms with Crippen LogP contribution in [-0.2, 0) is 11.3 Å². The third-order valence-corrected chi connectivity index (χ3v) is 4.84. The molecular weight excluding hydrogens is 356 g/mol. The van der Waals surface area contributed by atoms with Crippen LogP contribution < -0.4 is 15.8 Å². The van der Waals surface area contributed by atoms with Crippen molar-refractivity contribution in [1.82, 2.24) is 5.32 Å². The van der Waals surface area contributed by atoms with Gasteiger partial charge in [-0.25, -0.2) is 0 Å². The highest BCUT2D eigenvalue weighted by Crippen LogP contribution is 2.30. The number of ether oxygens (including phenoxy) is 1. The Labute approximate surface area is 165 Å². The predicted octanol–water partition coefficient (Wildman–Crippen LogP) is 4.66. The van der Waals surface area contributed by atoms with Crippen molar-refractivity contribution in [2.75, 3.05) is 7.11 Å². The van der Waals surface area contributed by atoms with E-state index in [1.54, 1.807) is 31.9 Å². The number of methoxy groups -OCH3 is 1. The third-order valence-electron chi connectivity index (χ3n) is 3.84. The number of nitrogens with one attached hydrogen (secondary N) is 1. The van der Waals surface area contributed by atoms with Crippen molar-refractivity contribution in [2.45, 2.75) is 36.6 Å². The molecule has 3 N–H and O–H groups in total. The minimum absolute atomic E-state index is 0.158. The van der Waals surface area contributed by atoms with Crippen LogP contribution in [-0.4, -0.2) is 13.0 Å². The highest BCUT2D eigenvalue weighted by molar-refractivity contribution is 7.99. The number of amides is 1. The number of hydrogen-bond acceptors (Lipinski definition) is 4. The van der Waals surface area contributed by atoms with E-state index in [1.165, 1.54) is 0 Å². The molecular formula is C22H26N2O2S. The monoisotopic (exact) mass is 382 g/mol. The molecule has 0 atom stereocenters. The molecule has 0 saturated carbocycles. The fraction of sp³-hybridized carbons (Fsp3) is 0.227. The predicted molar refractivity (Wildman–Crippen MR) is 112 cm³/mol. The van der Waals surface area contributed by atoms with Gasteiger partial charge in [0, 0.05) is 22.0 Å². The van der Waals surface area contributed by atoms with Crippen LogP contribution in [0.5, 0.6) is 5.75 Å². The number of carbonyl (C=O) groups is 1. The van der Waals surface area contributed by atoms with Crippen molar-refractivity contribution in [1.29, 1.82) is 0 Å². The SMILES string of the molecule is CC/C=C\C(C(=O)NCc1ccc(Sc2cccc(OC)c2)cc1)=C(/C)N. The molecule has 0 saturated heterocycles. The van der Waals surface area contributed by atoms with Gasteiger partial charge in [0.2, 0.25) is 0 Å². The quantitative estimate of drug-likeness (QED) is 0.515. The smallest absolute Gasteiger partial charge is 0.253 e. The van der Waals surface area contributed by atoms with Crippen LogP contribution in [0.2, 0.25) is 0 Å². The lowest BCUT2D eigenvalue weighted by Crippen LogP contribution is -2.25. The molecule has 0 aliphatic carbocycles. The second kappa shape index (κ2) is 10.5.